The first kappa shape index (κ1) is 9.78. The molecule has 0 amide bonds. The molecule has 1 aliphatic rings. The van der Waals surface area contributed by atoms with Crippen LogP contribution in [0.5, 0.6) is 0 Å². The van der Waals surface area contributed by atoms with Crippen LogP contribution in [0, 0.1) is 11.3 Å². The Hall–Kier alpha value is -1.31. The minimum Gasteiger partial charge on any atom is -0.212 e. The van der Waals surface area contributed by atoms with E-state index in [1.54, 1.807) is 0 Å². The average Bonchev–Trinajstić information content (AvgIpc) is 2.03. The second-order valence-corrected chi connectivity index (χ2v) is 2.59. The van der Waals surface area contributed by atoms with Crippen LogP contribution in [0.15, 0.2) is 23.0 Å². The van der Waals surface area contributed by atoms with Crippen molar-refractivity contribution in [3.05, 3.63) is 23.0 Å². The van der Waals surface area contributed by atoms with Gasteiger partial charge in [0.1, 0.15) is 5.83 Å². The summed E-state index contributed by atoms with van der Waals surface area (Å²) in [5, 5.41) is 8.35. The maximum atomic E-state index is 12.5. The minimum atomic E-state index is -4.64. The molecule has 0 unspecified atom stereocenters. The minimum absolute atomic E-state index is 0.123. The lowest BCUT2D eigenvalue weighted by Gasteiger charge is -2.14. The highest BCUT2D eigenvalue weighted by Crippen LogP contribution is 2.35. The predicted molar refractivity (Wildman–Crippen MR) is 37.1 cm³/mol. The summed E-state index contributed by atoms with van der Waals surface area (Å²) in [6.45, 7) is 0. The van der Waals surface area contributed by atoms with Gasteiger partial charge in [0.15, 0.2) is 0 Å². The van der Waals surface area contributed by atoms with E-state index >= 15 is 0 Å². The van der Waals surface area contributed by atoms with Gasteiger partial charge in [-0.25, -0.2) is 4.39 Å². The van der Waals surface area contributed by atoms with Crippen LogP contribution in [0.1, 0.15) is 12.8 Å². The molecule has 0 saturated carbocycles. The van der Waals surface area contributed by atoms with Crippen LogP contribution in [-0.2, 0) is 0 Å². The maximum absolute atomic E-state index is 12.5. The van der Waals surface area contributed by atoms with Crippen LogP contribution in [0.3, 0.4) is 0 Å². The number of allylic oxidation sites excluding steroid dienone is 4. The lowest BCUT2D eigenvalue weighted by molar-refractivity contribution is -0.0893. The van der Waals surface area contributed by atoms with Gasteiger partial charge in [-0.05, 0) is 12.5 Å². The van der Waals surface area contributed by atoms with Gasteiger partial charge in [0, 0.05) is 12.0 Å². The molecule has 0 radical (unpaired) electrons. The molecular weight excluding hydrogens is 186 g/mol. The molecule has 1 nitrogen and oxygen atoms in total. The van der Waals surface area contributed by atoms with Gasteiger partial charge in [-0.15, -0.1) is 0 Å². The molecule has 0 spiro atoms. The number of alkyl halides is 3. The third-order valence-electron chi connectivity index (χ3n) is 1.68. The van der Waals surface area contributed by atoms with Gasteiger partial charge in [0.2, 0.25) is 0 Å². The van der Waals surface area contributed by atoms with Crippen LogP contribution in [-0.4, -0.2) is 6.18 Å². The Morgan fingerprint density at radius 1 is 1.31 bits per heavy atom. The predicted octanol–water partition coefficient (Wildman–Crippen LogP) is 3.02. The standard InChI is InChI=1S/C8H5F4N/c9-6-2-1-5(4-13)7(3-6)8(10,11)12/h3H,1-2H2. The molecule has 0 aromatic carbocycles. The van der Waals surface area contributed by atoms with Gasteiger partial charge in [0.25, 0.3) is 0 Å². The van der Waals surface area contributed by atoms with Gasteiger partial charge in [-0.3, -0.25) is 0 Å². The van der Waals surface area contributed by atoms with Crippen molar-refractivity contribution in [2.45, 2.75) is 19.0 Å². The largest absolute Gasteiger partial charge is 0.417 e. The smallest absolute Gasteiger partial charge is 0.212 e. The second-order valence-electron chi connectivity index (χ2n) is 2.59. The molecule has 1 aliphatic carbocycles. The summed E-state index contributed by atoms with van der Waals surface area (Å²) in [5.41, 5.74) is -1.55. The maximum Gasteiger partial charge on any atom is 0.417 e. The Morgan fingerprint density at radius 2 is 1.92 bits per heavy atom. The highest BCUT2D eigenvalue weighted by atomic mass is 19.4. The second kappa shape index (κ2) is 3.21. The van der Waals surface area contributed by atoms with Crippen molar-refractivity contribution >= 4 is 0 Å². The SMILES string of the molecule is N#CC1=C(C(F)(F)F)C=C(F)CC1. The molecule has 0 atom stereocenters. The summed E-state index contributed by atoms with van der Waals surface area (Å²) in [7, 11) is 0. The molecule has 0 fully saturated rings. The third-order valence-corrected chi connectivity index (χ3v) is 1.68. The van der Waals surface area contributed by atoms with Crippen LogP contribution >= 0.6 is 0 Å². The molecule has 5 heteroatoms. The topological polar surface area (TPSA) is 23.8 Å². The van der Waals surface area contributed by atoms with E-state index in [1.807, 2.05) is 0 Å². The van der Waals surface area contributed by atoms with Crippen LogP contribution in [0.2, 0.25) is 0 Å². The number of nitriles is 1. The monoisotopic (exact) mass is 191 g/mol. The Labute approximate surface area is 72.0 Å². The molecule has 0 aliphatic heterocycles. The number of hydrogen-bond acceptors (Lipinski definition) is 1. The van der Waals surface area contributed by atoms with Crippen molar-refractivity contribution in [1.82, 2.24) is 0 Å². The fourth-order valence-electron chi connectivity index (χ4n) is 1.06. The number of nitrogens with zero attached hydrogens (tertiary/aromatic N) is 1. The third kappa shape index (κ3) is 2.08. The molecule has 0 saturated heterocycles. The van der Waals surface area contributed by atoms with E-state index < -0.39 is 23.1 Å². The molecule has 0 aromatic rings. The summed E-state index contributed by atoms with van der Waals surface area (Å²) in [6.07, 6.45) is -4.54. The molecule has 1 rings (SSSR count). The summed E-state index contributed by atoms with van der Waals surface area (Å²) < 4.78 is 48.9. The number of hydrogen-bond donors (Lipinski definition) is 0. The van der Waals surface area contributed by atoms with Crippen molar-refractivity contribution in [3.63, 3.8) is 0 Å². The lowest BCUT2D eigenvalue weighted by Crippen LogP contribution is -2.14. The summed E-state index contributed by atoms with van der Waals surface area (Å²) >= 11 is 0. The van der Waals surface area contributed by atoms with Gasteiger partial charge in [-0.2, -0.15) is 18.4 Å². The van der Waals surface area contributed by atoms with E-state index in [9.17, 15) is 17.6 Å². The van der Waals surface area contributed by atoms with Crippen molar-refractivity contribution < 1.29 is 17.6 Å². The van der Waals surface area contributed by atoms with E-state index in [1.165, 1.54) is 6.07 Å². The summed E-state index contributed by atoms with van der Waals surface area (Å²) in [6, 6.07) is 1.43. The first-order valence-electron chi connectivity index (χ1n) is 3.51. The highest BCUT2D eigenvalue weighted by Gasteiger charge is 2.36. The van der Waals surface area contributed by atoms with Crippen LogP contribution in [0.25, 0.3) is 0 Å². The zero-order valence-electron chi connectivity index (χ0n) is 6.45. The van der Waals surface area contributed by atoms with Crippen molar-refractivity contribution in [3.8, 4) is 6.07 Å². The first-order chi connectivity index (χ1) is 5.95. The first-order valence-corrected chi connectivity index (χ1v) is 3.51. The summed E-state index contributed by atoms with van der Waals surface area (Å²) in [4.78, 5) is 0. The summed E-state index contributed by atoms with van der Waals surface area (Å²) in [5.74, 6) is -0.827. The van der Waals surface area contributed by atoms with Crippen LogP contribution < -0.4 is 0 Å². The Kier molecular flexibility index (Phi) is 2.41. The quantitative estimate of drug-likeness (QED) is 0.540. The fourth-order valence-corrected chi connectivity index (χ4v) is 1.06. The zero-order chi connectivity index (χ0) is 10.1. The Bertz CT molecular complexity index is 316. The van der Waals surface area contributed by atoms with Gasteiger partial charge in [0.05, 0.1) is 11.6 Å². The van der Waals surface area contributed by atoms with Crippen molar-refractivity contribution in [2.24, 2.45) is 0 Å². The zero-order valence-corrected chi connectivity index (χ0v) is 6.45. The fraction of sp³-hybridized carbons (Fsp3) is 0.375. The average molecular weight is 191 g/mol. The van der Waals surface area contributed by atoms with E-state index in [-0.39, 0.29) is 12.8 Å². The van der Waals surface area contributed by atoms with Crippen LogP contribution in [0.4, 0.5) is 17.6 Å². The highest BCUT2D eigenvalue weighted by molar-refractivity contribution is 5.41. The van der Waals surface area contributed by atoms with Gasteiger partial charge in [-0.1, -0.05) is 0 Å². The Morgan fingerprint density at radius 3 is 2.38 bits per heavy atom. The van der Waals surface area contributed by atoms with E-state index in [2.05, 4.69) is 0 Å². The van der Waals surface area contributed by atoms with Crippen molar-refractivity contribution in [1.29, 1.82) is 5.26 Å². The molecule has 0 bridgehead atoms. The van der Waals surface area contributed by atoms with E-state index in [0.29, 0.717) is 6.08 Å². The Balaban J connectivity index is 3.15. The molecule has 0 N–H and O–H groups in total. The number of halogens is 4. The van der Waals surface area contributed by atoms with Crippen molar-refractivity contribution in [2.75, 3.05) is 0 Å². The molecule has 0 heterocycles. The van der Waals surface area contributed by atoms with E-state index in [4.69, 9.17) is 5.26 Å². The molecule has 70 valence electrons. The lowest BCUT2D eigenvalue weighted by atomic mass is 9.97. The van der Waals surface area contributed by atoms with Gasteiger partial charge < -0.3 is 0 Å². The molecule has 0 aromatic heterocycles. The molecular formula is C8H5F4N. The molecule has 13 heavy (non-hydrogen) atoms. The van der Waals surface area contributed by atoms with Gasteiger partial charge >= 0.3 is 6.18 Å². The van der Waals surface area contributed by atoms with E-state index in [0.717, 1.165) is 0 Å². The number of rotatable bonds is 0. The normalized spacial score (nSPS) is 18.2.